The van der Waals surface area contributed by atoms with Crippen molar-refractivity contribution in [2.75, 3.05) is 13.2 Å². The summed E-state index contributed by atoms with van der Waals surface area (Å²) in [6.45, 7) is 4.96. The van der Waals surface area contributed by atoms with E-state index in [9.17, 15) is 19.8 Å². The Morgan fingerprint density at radius 3 is 1.06 bits per heavy atom. The minimum Gasteiger partial charge on any atom is -0.466 e. The highest BCUT2D eigenvalue weighted by Gasteiger charge is 2.20. The van der Waals surface area contributed by atoms with Crippen LogP contribution in [-0.4, -0.2) is 47.4 Å². The van der Waals surface area contributed by atoms with Gasteiger partial charge in [0.05, 0.1) is 25.4 Å². The molecule has 3 N–H and O–H groups in total. The van der Waals surface area contributed by atoms with Crippen molar-refractivity contribution in [3.63, 3.8) is 0 Å². The topological polar surface area (TPSA) is 95.9 Å². The maximum absolute atomic E-state index is 12.5. The predicted molar refractivity (Wildman–Crippen MR) is 292 cm³/mol. The molecule has 0 aliphatic heterocycles. The van der Waals surface area contributed by atoms with Gasteiger partial charge < -0.3 is 20.3 Å². The van der Waals surface area contributed by atoms with Crippen molar-refractivity contribution in [3.8, 4) is 0 Å². The molecule has 0 bridgehead atoms. The van der Waals surface area contributed by atoms with Gasteiger partial charge in [-0.3, -0.25) is 9.59 Å². The monoisotopic (exact) mass is 946 g/mol. The van der Waals surface area contributed by atoms with Gasteiger partial charge in [-0.1, -0.05) is 289 Å². The van der Waals surface area contributed by atoms with Crippen molar-refractivity contribution in [3.05, 3.63) is 12.2 Å². The molecule has 2 atom stereocenters. The first kappa shape index (κ1) is 65.6. The molecule has 6 nitrogen and oxygen atoms in total. The molecule has 0 aliphatic rings. The summed E-state index contributed by atoms with van der Waals surface area (Å²) >= 11 is 0. The Bertz CT molecular complexity index is 1000. The van der Waals surface area contributed by atoms with Crippen molar-refractivity contribution < 1.29 is 24.5 Å². The molecule has 0 aromatic carbocycles. The van der Waals surface area contributed by atoms with Crippen LogP contribution in [0.25, 0.3) is 0 Å². The van der Waals surface area contributed by atoms with Crippen LogP contribution in [0.3, 0.4) is 0 Å². The maximum atomic E-state index is 12.5. The summed E-state index contributed by atoms with van der Waals surface area (Å²) in [6, 6.07) is -0.547. The molecule has 0 saturated carbocycles. The Kier molecular flexibility index (Phi) is 56.0. The van der Waals surface area contributed by atoms with E-state index in [1.807, 2.05) is 0 Å². The standard InChI is InChI=1S/C61H119NO5/c1-3-5-7-9-11-13-15-17-19-21-22-23-27-31-35-39-43-47-51-55-61(66)67-56-52-48-44-40-36-32-28-24-26-30-34-38-42-46-50-54-60(65)62-58(57-63)59(64)53-49-45-41-37-33-29-25-20-18-16-14-12-10-8-6-4-2/h17,19,58-59,63-64H,3-16,18,20-57H2,1-2H3,(H,62,65)/b19-17-. The highest BCUT2D eigenvalue weighted by Crippen LogP contribution is 2.18. The number of amides is 1. The average molecular weight is 947 g/mol. The lowest BCUT2D eigenvalue weighted by molar-refractivity contribution is -0.143. The molecule has 1 amide bonds. The minimum absolute atomic E-state index is 0.00120. The van der Waals surface area contributed by atoms with Gasteiger partial charge in [0.2, 0.25) is 5.91 Å². The first-order valence-electron chi connectivity index (χ1n) is 30.4. The lowest BCUT2D eigenvalue weighted by Gasteiger charge is -2.22. The van der Waals surface area contributed by atoms with Gasteiger partial charge in [-0.2, -0.15) is 0 Å². The highest BCUT2D eigenvalue weighted by molar-refractivity contribution is 5.76. The molecule has 0 aliphatic carbocycles. The number of esters is 1. The zero-order valence-electron chi connectivity index (χ0n) is 45.4. The number of nitrogens with one attached hydrogen (secondary N) is 1. The molecule has 0 fully saturated rings. The predicted octanol–water partition coefficient (Wildman–Crippen LogP) is 18.9. The Morgan fingerprint density at radius 2 is 0.701 bits per heavy atom. The van der Waals surface area contributed by atoms with Crippen LogP contribution in [0.2, 0.25) is 0 Å². The number of carbonyl (C=O) groups excluding carboxylic acids is 2. The summed E-state index contributed by atoms with van der Waals surface area (Å²) in [5.41, 5.74) is 0. The smallest absolute Gasteiger partial charge is 0.305 e. The van der Waals surface area contributed by atoms with Crippen molar-refractivity contribution in [2.45, 2.75) is 353 Å². The third-order valence-corrected chi connectivity index (χ3v) is 14.3. The van der Waals surface area contributed by atoms with Gasteiger partial charge in [-0.15, -0.1) is 0 Å². The number of allylic oxidation sites excluding steroid dienone is 2. The molecular weight excluding hydrogens is 827 g/mol. The highest BCUT2D eigenvalue weighted by atomic mass is 16.5. The van der Waals surface area contributed by atoms with E-state index in [1.165, 1.54) is 263 Å². The first-order valence-corrected chi connectivity index (χ1v) is 30.4. The summed E-state index contributed by atoms with van der Waals surface area (Å²) in [5, 5.41) is 23.3. The van der Waals surface area contributed by atoms with Gasteiger partial charge in [0.1, 0.15) is 0 Å². The number of aliphatic hydroxyl groups excluding tert-OH is 2. The zero-order valence-corrected chi connectivity index (χ0v) is 45.4. The van der Waals surface area contributed by atoms with Crippen molar-refractivity contribution in [2.24, 2.45) is 0 Å². The largest absolute Gasteiger partial charge is 0.466 e. The SMILES string of the molecule is CCCCCCCC/C=C\CCCCCCCCCCCC(=O)OCCCCCCCCCCCCCCCCCC(=O)NC(CO)C(O)CCCCCCCCCCCCCCCCCC. The second-order valence-corrected chi connectivity index (χ2v) is 21.0. The number of hydrogen-bond acceptors (Lipinski definition) is 5. The number of hydrogen-bond donors (Lipinski definition) is 3. The van der Waals surface area contributed by atoms with Crippen molar-refractivity contribution in [1.29, 1.82) is 0 Å². The van der Waals surface area contributed by atoms with Crippen LogP contribution in [0.1, 0.15) is 341 Å². The molecular formula is C61H119NO5. The van der Waals surface area contributed by atoms with E-state index >= 15 is 0 Å². The molecule has 0 aromatic heterocycles. The van der Waals surface area contributed by atoms with Gasteiger partial charge in [-0.05, 0) is 51.4 Å². The van der Waals surface area contributed by atoms with Crippen LogP contribution in [0.4, 0.5) is 0 Å². The van der Waals surface area contributed by atoms with Crippen molar-refractivity contribution >= 4 is 11.9 Å². The molecule has 398 valence electrons. The van der Waals surface area contributed by atoms with Gasteiger partial charge in [0.25, 0.3) is 0 Å². The second kappa shape index (κ2) is 57.2. The number of unbranched alkanes of at least 4 members (excludes halogenated alkanes) is 44. The molecule has 6 heteroatoms. The maximum Gasteiger partial charge on any atom is 0.305 e. The molecule has 0 rings (SSSR count). The van der Waals surface area contributed by atoms with Crippen LogP contribution < -0.4 is 5.32 Å². The summed E-state index contributed by atoms with van der Waals surface area (Å²) in [7, 11) is 0. The molecule has 2 unspecified atom stereocenters. The molecule has 0 heterocycles. The van der Waals surface area contributed by atoms with Gasteiger partial charge in [0.15, 0.2) is 0 Å². The third-order valence-electron chi connectivity index (χ3n) is 14.3. The quantitative estimate of drug-likeness (QED) is 0.0321. The average Bonchev–Trinajstić information content (AvgIpc) is 3.33. The second-order valence-electron chi connectivity index (χ2n) is 21.0. The van der Waals surface area contributed by atoms with Crippen molar-refractivity contribution in [1.82, 2.24) is 5.32 Å². The Balaban J connectivity index is 3.40. The minimum atomic E-state index is -0.669. The molecule has 0 radical (unpaired) electrons. The van der Waals surface area contributed by atoms with Crippen LogP contribution in [0.5, 0.6) is 0 Å². The van der Waals surface area contributed by atoms with E-state index in [2.05, 4.69) is 31.3 Å². The molecule has 0 aromatic rings. The number of aliphatic hydroxyl groups is 2. The van der Waals surface area contributed by atoms with E-state index in [0.29, 0.717) is 25.9 Å². The molecule has 0 saturated heterocycles. The van der Waals surface area contributed by atoms with Crippen LogP contribution in [0, 0.1) is 0 Å². The summed E-state index contributed by atoms with van der Waals surface area (Å²) in [6.07, 6.45) is 67.8. The Morgan fingerprint density at radius 1 is 0.403 bits per heavy atom. The van der Waals surface area contributed by atoms with E-state index in [-0.39, 0.29) is 18.5 Å². The fraction of sp³-hybridized carbons (Fsp3) is 0.934. The van der Waals surface area contributed by atoms with Crippen LogP contribution in [0.15, 0.2) is 12.2 Å². The van der Waals surface area contributed by atoms with Gasteiger partial charge >= 0.3 is 5.97 Å². The van der Waals surface area contributed by atoms with Gasteiger partial charge in [-0.25, -0.2) is 0 Å². The van der Waals surface area contributed by atoms with E-state index < -0.39 is 12.1 Å². The summed E-state index contributed by atoms with van der Waals surface area (Å²) in [4.78, 5) is 24.6. The Labute approximate surface area is 419 Å². The first-order chi connectivity index (χ1) is 33.0. The number of rotatable bonds is 57. The van der Waals surface area contributed by atoms with Crippen LogP contribution in [-0.2, 0) is 14.3 Å². The summed E-state index contributed by atoms with van der Waals surface area (Å²) < 4.78 is 5.49. The zero-order chi connectivity index (χ0) is 48.6. The third kappa shape index (κ3) is 53.8. The number of ether oxygens (including phenoxy) is 1. The normalized spacial score (nSPS) is 12.6. The lowest BCUT2D eigenvalue weighted by atomic mass is 10.0. The van der Waals surface area contributed by atoms with E-state index in [4.69, 9.17) is 4.74 Å². The fourth-order valence-electron chi connectivity index (χ4n) is 9.64. The van der Waals surface area contributed by atoms with Crippen LogP contribution >= 0.6 is 0 Å². The Hall–Kier alpha value is -1.40. The number of carbonyl (C=O) groups is 2. The lowest BCUT2D eigenvalue weighted by Crippen LogP contribution is -2.45. The van der Waals surface area contributed by atoms with E-state index in [0.717, 1.165) is 44.9 Å². The fourth-order valence-corrected chi connectivity index (χ4v) is 9.64. The van der Waals surface area contributed by atoms with E-state index in [1.54, 1.807) is 0 Å². The van der Waals surface area contributed by atoms with Gasteiger partial charge in [0, 0.05) is 12.8 Å². The summed E-state index contributed by atoms with van der Waals surface area (Å²) in [5.74, 6) is -0.0396. The molecule has 0 spiro atoms. The molecule has 67 heavy (non-hydrogen) atoms.